The number of nitrogens with zero attached hydrogens (tertiary/aromatic N) is 1. The smallest absolute Gasteiger partial charge is 0.269 e. The van der Waals surface area contributed by atoms with Crippen LogP contribution in [0, 0.1) is 0 Å². The van der Waals surface area contributed by atoms with E-state index in [1.165, 1.54) is 11.5 Å². The van der Waals surface area contributed by atoms with Crippen molar-refractivity contribution in [2.75, 3.05) is 12.4 Å². The van der Waals surface area contributed by atoms with E-state index in [4.69, 9.17) is 4.74 Å². The molecule has 3 aromatic rings. The second-order valence-electron chi connectivity index (χ2n) is 5.36. The molecule has 1 aromatic heterocycles. The molecule has 1 heterocycles. The van der Waals surface area contributed by atoms with Crippen LogP contribution in [0.3, 0.4) is 0 Å². The number of fused-ring (bicyclic) bond motifs is 1. The van der Waals surface area contributed by atoms with Crippen molar-refractivity contribution in [3.8, 4) is 5.75 Å². The predicted octanol–water partition coefficient (Wildman–Crippen LogP) is 3.66. The van der Waals surface area contributed by atoms with Crippen molar-refractivity contribution in [1.29, 1.82) is 0 Å². The van der Waals surface area contributed by atoms with Crippen molar-refractivity contribution in [1.82, 2.24) is 3.96 Å². The largest absolute Gasteiger partial charge is 0.497 e. The van der Waals surface area contributed by atoms with Crippen LogP contribution in [0.5, 0.6) is 5.75 Å². The molecular weight excluding hydrogens is 324 g/mol. The lowest BCUT2D eigenvalue weighted by Crippen LogP contribution is -2.29. The minimum atomic E-state index is -0.531. The van der Waals surface area contributed by atoms with Gasteiger partial charge in [-0.3, -0.25) is 13.5 Å². The maximum atomic E-state index is 12.6. The molecule has 0 aliphatic carbocycles. The van der Waals surface area contributed by atoms with Crippen LogP contribution < -0.4 is 15.6 Å². The van der Waals surface area contributed by atoms with Crippen LogP contribution in [0.4, 0.5) is 5.69 Å². The number of benzene rings is 2. The summed E-state index contributed by atoms with van der Waals surface area (Å²) in [6.07, 6.45) is 0.536. The van der Waals surface area contributed by atoms with Gasteiger partial charge >= 0.3 is 0 Å². The number of aromatic nitrogens is 1. The minimum absolute atomic E-state index is 0.118. The van der Waals surface area contributed by atoms with Crippen molar-refractivity contribution in [3.63, 3.8) is 0 Å². The molecule has 24 heavy (non-hydrogen) atoms. The van der Waals surface area contributed by atoms with Crippen molar-refractivity contribution < 1.29 is 9.53 Å². The molecule has 0 fully saturated rings. The van der Waals surface area contributed by atoms with Gasteiger partial charge in [-0.25, -0.2) is 0 Å². The zero-order valence-corrected chi connectivity index (χ0v) is 14.3. The zero-order valence-electron chi connectivity index (χ0n) is 13.5. The van der Waals surface area contributed by atoms with Gasteiger partial charge in [0.2, 0.25) is 5.91 Å². The van der Waals surface area contributed by atoms with Crippen molar-refractivity contribution in [2.45, 2.75) is 19.4 Å². The normalized spacial score (nSPS) is 12.1. The summed E-state index contributed by atoms with van der Waals surface area (Å²) in [7, 11) is 1.59. The molecule has 5 nitrogen and oxygen atoms in total. The Hall–Kier alpha value is -2.60. The van der Waals surface area contributed by atoms with Gasteiger partial charge in [-0.1, -0.05) is 30.6 Å². The minimum Gasteiger partial charge on any atom is -0.497 e. The number of amides is 1. The molecule has 0 aliphatic heterocycles. The molecule has 1 atom stereocenters. The molecule has 2 aromatic carbocycles. The SMILES string of the molecule is CCC(C(=O)Nc1ccc(OC)cc1)n1sc2ccccc2c1=O. The van der Waals surface area contributed by atoms with E-state index < -0.39 is 6.04 Å². The monoisotopic (exact) mass is 342 g/mol. The number of carbonyl (C=O) groups is 1. The Morgan fingerprint density at radius 2 is 1.92 bits per heavy atom. The van der Waals surface area contributed by atoms with Gasteiger partial charge in [0.05, 0.1) is 17.2 Å². The van der Waals surface area contributed by atoms with Crippen LogP contribution >= 0.6 is 11.5 Å². The first-order valence-electron chi connectivity index (χ1n) is 7.69. The summed E-state index contributed by atoms with van der Waals surface area (Å²) in [4.78, 5) is 25.2. The molecule has 124 valence electrons. The molecule has 0 radical (unpaired) electrons. The lowest BCUT2D eigenvalue weighted by atomic mass is 10.2. The number of hydrogen-bond acceptors (Lipinski definition) is 4. The average molecular weight is 342 g/mol. The zero-order chi connectivity index (χ0) is 17.1. The Morgan fingerprint density at radius 3 is 2.54 bits per heavy atom. The van der Waals surface area contributed by atoms with Gasteiger partial charge in [-0.2, -0.15) is 0 Å². The first-order chi connectivity index (χ1) is 11.6. The summed E-state index contributed by atoms with van der Waals surface area (Å²) in [6.45, 7) is 1.90. The summed E-state index contributed by atoms with van der Waals surface area (Å²) in [5.74, 6) is 0.525. The summed E-state index contributed by atoms with van der Waals surface area (Å²) >= 11 is 1.32. The first-order valence-corrected chi connectivity index (χ1v) is 8.47. The molecule has 1 N–H and O–H groups in total. The van der Waals surface area contributed by atoms with Crippen LogP contribution in [0.15, 0.2) is 53.3 Å². The average Bonchev–Trinajstić information content (AvgIpc) is 2.93. The highest BCUT2D eigenvalue weighted by molar-refractivity contribution is 7.14. The number of nitrogens with one attached hydrogen (secondary N) is 1. The Morgan fingerprint density at radius 1 is 1.21 bits per heavy atom. The molecule has 3 rings (SSSR count). The number of anilines is 1. The van der Waals surface area contributed by atoms with Gasteiger partial charge < -0.3 is 10.1 Å². The summed E-state index contributed by atoms with van der Waals surface area (Å²) < 4.78 is 7.55. The fourth-order valence-corrected chi connectivity index (χ4v) is 3.71. The lowest BCUT2D eigenvalue weighted by Gasteiger charge is -2.15. The Bertz CT molecular complexity index is 912. The molecule has 0 saturated heterocycles. The molecule has 0 saturated carbocycles. The highest BCUT2D eigenvalue weighted by Gasteiger charge is 2.22. The molecular formula is C18H18N2O3S. The maximum Gasteiger partial charge on any atom is 0.269 e. The van der Waals surface area contributed by atoms with E-state index in [0.29, 0.717) is 17.5 Å². The lowest BCUT2D eigenvalue weighted by molar-refractivity contribution is -0.119. The molecule has 0 bridgehead atoms. The third-order valence-electron chi connectivity index (χ3n) is 3.84. The van der Waals surface area contributed by atoms with Gasteiger partial charge in [-0.05, 0) is 42.8 Å². The second kappa shape index (κ2) is 6.88. The van der Waals surface area contributed by atoms with Gasteiger partial charge in [0.15, 0.2) is 0 Å². The van der Waals surface area contributed by atoms with Crippen molar-refractivity contribution in [3.05, 3.63) is 58.9 Å². The van der Waals surface area contributed by atoms with Crippen LogP contribution in [-0.4, -0.2) is 17.0 Å². The van der Waals surface area contributed by atoms with Crippen LogP contribution in [-0.2, 0) is 4.79 Å². The Kier molecular flexibility index (Phi) is 4.66. The maximum absolute atomic E-state index is 12.6. The first kappa shape index (κ1) is 16.3. The summed E-state index contributed by atoms with van der Waals surface area (Å²) in [5, 5.41) is 3.52. The summed E-state index contributed by atoms with van der Waals surface area (Å²) in [5.41, 5.74) is 0.556. The third-order valence-corrected chi connectivity index (χ3v) is 5.01. The molecule has 0 aliphatic rings. The Balaban J connectivity index is 1.87. The summed E-state index contributed by atoms with van der Waals surface area (Å²) in [6, 6.07) is 14.0. The van der Waals surface area contributed by atoms with Gasteiger partial charge in [0.1, 0.15) is 11.8 Å². The van der Waals surface area contributed by atoms with Crippen molar-refractivity contribution >= 4 is 33.2 Å². The van der Waals surface area contributed by atoms with Crippen molar-refractivity contribution in [2.24, 2.45) is 0 Å². The van der Waals surface area contributed by atoms with Gasteiger partial charge in [0.25, 0.3) is 5.56 Å². The van der Waals surface area contributed by atoms with E-state index >= 15 is 0 Å². The van der Waals surface area contributed by atoms with E-state index in [0.717, 1.165) is 10.4 Å². The molecule has 1 unspecified atom stereocenters. The fraction of sp³-hybridized carbons (Fsp3) is 0.222. The van der Waals surface area contributed by atoms with E-state index in [1.54, 1.807) is 41.4 Å². The predicted molar refractivity (Wildman–Crippen MR) is 97.0 cm³/mol. The topological polar surface area (TPSA) is 60.3 Å². The van der Waals surface area contributed by atoms with Crippen LogP contribution in [0.1, 0.15) is 19.4 Å². The fourth-order valence-electron chi connectivity index (χ4n) is 2.55. The highest BCUT2D eigenvalue weighted by Crippen LogP contribution is 2.23. The standard InChI is InChI=1S/C18H18N2O3S/c1-3-15(17(21)19-12-8-10-13(23-2)11-9-12)20-18(22)14-6-4-5-7-16(14)24-20/h4-11,15H,3H2,1-2H3,(H,19,21). The molecule has 1 amide bonds. The number of ether oxygens (including phenoxy) is 1. The second-order valence-corrected chi connectivity index (χ2v) is 6.38. The quantitative estimate of drug-likeness (QED) is 0.770. The number of carbonyl (C=O) groups excluding carboxylic acids is 1. The van der Waals surface area contributed by atoms with Gasteiger partial charge in [-0.15, -0.1) is 0 Å². The van der Waals surface area contributed by atoms with E-state index in [1.807, 2.05) is 25.1 Å². The third kappa shape index (κ3) is 3.05. The molecule has 0 spiro atoms. The van der Waals surface area contributed by atoms with Gasteiger partial charge in [0, 0.05) is 5.69 Å². The molecule has 6 heteroatoms. The number of methoxy groups -OCH3 is 1. The van der Waals surface area contributed by atoms with Crippen LogP contribution in [0.2, 0.25) is 0 Å². The number of hydrogen-bond donors (Lipinski definition) is 1. The Labute approximate surface area is 143 Å². The number of rotatable bonds is 5. The van der Waals surface area contributed by atoms with E-state index in [2.05, 4.69) is 5.32 Å². The van der Waals surface area contributed by atoms with E-state index in [-0.39, 0.29) is 11.5 Å². The van der Waals surface area contributed by atoms with Crippen LogP contribution in [0.25, 0.3) is 10.1 Å². The highest BCUT2D eigenvalue weighted by atomic mass is 32.1. The van der Waals surface area contributed by atoms with E-state index in [9.17, 15) is 9.59 Å².